The van der Waals surface area contributed by atoms with E-state index in [0.29, 0.717) is 28.6 Å². The van der Waals surface area contributed by atoms with Crippen LogP contribution in [0.15, 0.2) is 12.1 Å². The number of nitrogens with one attached hydrogen (secondary N) is 2. The number of hydrogen-bond acceptors (Lipinski definition) is 4. The summed E-state index contributed by atoms with van der Waals surface area (Å²) in [6.07, 6.45) is 0.402. The van der Waals surface area contributed by atoms with Crippen molar-refractivity contribution in [1.82, 2.24) is 5.32 Å². The van der Waals surface area contributed by atoms with Crippen LogP contribution >= 0.6 is 23.4 Å². The highest BCUT2D eigenvalue weighted by Gasteiger charge is 2.11. The molecule has 0 fully saturated rings. The summed E-state index contributed by atoms with van der Waals surface area (Å²) in [7, 11) is 1.53. The number of methoxy groups -OCH3 is 1. The van der Waals surface area contributed by atoms with Crippen LogP contribution in [0.4, 0.5) is 5.69 Å². The van der Waals surface area contributed by atoms with Crippen molar-refractivity contribution in [3.8, 4) is 5.75 Å². The first-order valence-electron chi connectivity index (χ1n) is 7.34. The van der Waals surface area contributed by atoms with Crippen LogP contribution in [0.2, 0.25) is 5.02 Å². The van der Waals surface area contributed by atoms with Crippen LogP contribution in [-0.4, -0.2) is 36.5 Å². The Hall–Kier alpha value is -1.40. The van der Waals surface area contributed by atoms with Gasteiger partial charge in [-0.05, 0) is 32.4 Å². The SMILES string of the molecule is COc1cc(Cl)c(C)cc1NC(=O)CSCCC(=O)NC(C)C. The van der Waals surface area contributed by atoms with E-state index in [1.165, 1.54) is 18.9 Å². The van der Waals surface area contributed by atoms with Gasteiger partial charge in [0.2, 0.25) is 11.8 Å². The normalized spacial score (nSPS) is 10.5. The van der Waals surface area contributed by atoms with E-state index < -0.39 is 0 Å². The number of ether oxygens (including phenoxy) is 1. The van der Waals surface area contributed by atoms with Gasteiger partial charge in [0, 0.05) is 29.3 Å². The number of hydrogen-bond donors (Lipinski definition) is 2. The number of amides is 2. The average Bonchev–Trinajstić information content (AvgIpc) is 2.46. The fourth-order valence-electron chi connectivity index (χ4n) is 1.84. The summed E-state index contributed by atoms with van der Waals surface area (Å²) in [5.74, 6) is 1.26. The maximum absolute atomic E-state index is 12.0. The molecule has 1 rings (SSSR count). The van der Waals surface area contributed by atoms with E-state index in [1.807, 2.05) is 20.8 Å². The zero-order valence-electron chi connectivity index (χ0n) is 13.9. The lowest BCUT2D eigenvalue weighted by molar-refractivity contribution is -0.121. The van der Waals surface area contributed by atoms with Crippen molar-refractivity contribution in [2.45, 2.75) is 33.2 Å². The lowest BCUT2D eigenvalue weighted by Gasteiger charge is -2.12. The van der Waals surface area contributed by atoms with Gasteiger partial charge in [-0.2, -0.15) is 11.8 Å². The van der Waals surface area contributed by atoms with Gasteiger partial charge < -0.3 is 15.4 Å². The van der Waals surface area contributed by atoms with Gasteiger partial charge in [0.1, 0.15) is 5.75 Å². The smallest absolute Gasteiger partial charge is 0.234 e. The molecule has 0 aliphatic rings. The lowest BCUT2D eigenvalue weighted by atomic mass is 10.2. The molecule has 0 spiro atoms. The second-order valence-corrected chi connectivity index (χ2v) is 6.89. The minimum Gasteiger partial charge on any atom is -0.495 e. The van der Waals surface area contributed by atoms with Crippen LogP contribution in [0, 0.1) is 6.92 Å². The van der Waals surface area contributed by atoms with Gasteiger partial charge in [0.15, 0.2) is 0 Å². The lowest BCUT2D eigenvalue weighted by Crippen LogP contribution is -2.30. The standard InChI is InChI=1S/C16H23ClN2O3S/c1-10(2)18-15(20)5-6-23-9-16(21)19-13-7-11(3)12(17)8-14(13)22-4/h7-8,10H,5-6,9H2,1-4H3,(H,18,20)(H,19,21). The number of thioether (sulfide) groups is 1. The van der Waals surface area contributed by atoms with Crippen molar-refractivity contribution < 1.29 is 14.3 Å². The van der Waals surface area contributed by atoms with Crippen LogP contribution < -0.4 is 15.4 Å². The minimum atomic E-state index is -0.140. The first-order chi connectivity index (χ1) is 10.8. The molecule has 5 nitrogen and oxygen atoms in total. The summed E-state index contributed by atoms with van der Waals surface area (Å²) in [6.45, 7) is 5.69. The summed E-state index contributed by atoms with van der Waals surface area (Å²) in [4.78, 5) is 23.5. The summed E-state index contributed by atoms with van der Waals surface area (Å²) >= 11 is 7.45. The predicted octanol–water partition coefficient (Wildman–Crippen LogP) is 3.24. The van der Waals surface area contributed by atoms with Crippen LogP contribution in [0.25, 0.3) is 0 Å². The first-order valence-corrected chi connectivity index (χ1v) is 8.87. The second kappa shape index (κ2) is 9.67. The third kappa shape index (κ3) is 7.14. The number of aryl methyl sites for hydroxylation is 1. The molecular weight excluding hydrogens is 336 g/mol. The van der Waals surface area contributed by atoms with Gasteiger partial charge in [0.05, 0.1) is 18.6 Å². The minimum absolute atomic E-state index is 0.00269. The zero-order chi connectivity index (χ0) is 17.4. The monoisotopic (exact) mass is 358 g/mol. The topological polar surface area (TPSA) is 67.4 Å². The molecule has 0 radical (unpaired) electrons. The Morgan fingerprint density at radius 1 is 1.30 bits per heavy atom. The highest BCUT2D eigenvalue weighted by atomic mass is 35.5. The Morgan fingerprint density at radius 3 is 2.61 bits per heavy atom. The van der Waals surface area contributed by atoms with E-state index in [1.54, 1.807) is 12.1 Å². The maximum Gasteiger partial charge on any atom is 0.234 e. The van der Waals surface area contributed by atoms with E-state index in [-0.39, 0.29) is 23.6 Å². The molecule has 0 aliphatic heterocycles. The number of rotatable bonds is 8. The van der Waals surface area contributed by atoms with Crippen molar-refractivity contribution in [1.29, 1.82) is 0 Å². The Kier molecular flexibility index (Phi) is 8.26. The molecule has 0 aliphatic carbocycles. The van der Waals surface area contributed by atoms with Crippen molar-refractivity contribution in [3.63, 3.8) is 0 Å². The molecule has 0 aromatic heterocycles. The quantitative estimate of drug-likeness (QED) is 0.700. The van der Waals surface area contributed by atoms with Gasteiger partial charge in [-0.1, -0.05) is 11.6 Å². The third-order valence-corrected chi connectivity index (χ3v) is 4.28. The number of carbonyl (C=O) groups is 2. The van der Waals surface area contributed by atoms with Crippen molar-refractivity contribution in [3.05, 3.63) is 22.7 Å². The highest BCUT2D eigenvalue weighted by Crippen LogP contribution is 2.30. The van der Waals surface area contributed by atoms with Gasteiger partial charge in [0.25, 0.3) is 0 Å². The zero-order valence-corrected chi connectivity index (χ0v) is 15.4. The molecule has 0 atom stereocenters. The van der Waals surface area contributed by atoms with E-state index in [9.17, 15) is 9.59 Å². The average molecular weight is 359 g/mol. The Balaban J connectivity index is 2.43. The summed E-state index contributed by atoms with van der Waals surface area (Å²) in [6, 6.07) is 3.59. The molecular formula is C16H23ClN2O3S. The van der Waals surface area contributed by atoms with Gasteiger partial charge >= 0.3 is 0 Å². The molecule has 2 N–H and O–H groups in total. The van der Waals surface area contributed by atoms with E-state index in [4.69, 9.17) is 16.3 Å². The summed E-state index contributed by atoms with van der Waals surface area (Å²) in [5, 5.41) is 6.21. The van der Waals surface area contributed by atoms with E-state index in [0.717, 1.165) is 5.56 Å². The van der Waals surface area contributed by atoms with Crippen LogP contribution in [-0.2, 0) is 9.59 Å². The van der Waals surface area contributed by atoms with Crippen LogP contribution in [0.3, 0.4) is 0 Å². The van der Waals surface area contributed by atoms with Crippen molar-refractivity contribution in [2.75, 3.05) is 23.9 Å². The summed E-state index contributed by atoms with van der Waals surface area (Å²) in [5.41, 5.74) is 1.46. The molecule has 128 valence electrons. The molecule has 2 amide bonds. The number of halogens is 1. The molecule has 1 aromatic carbocycles. The molecule has 1 aromatic rings. The molecule has 0 bridgehead atoms. The maximum atomic E-state index is 12.0. The largest absolute Gasteiger partial charge is 0.495 e. The number of anilines is 1. The Bertz CT molecular complexity index is 565. The van der Waals surface area contributed by atoms with Gasteiger partial charge in [-0.15, -0.1) is 0 Å². The van der Waals surface area contributed by atoms with E-state index >= 15 is 0 Å². The van der Waals surface area contributed by atoms with Gasteiger partial charge in [-0.25, -0.2) is 0 Å². The molecule has 0 unspecified atom stereocenters. The van der Waals surface area contributed by atoms with E-state index in [2.05, 4.69) is 10.6 Å². The molecule has 23 heavy (non-hydrogen) atoms. The van der Waals surface area contributed by atoms with Gasteiger partial charge in [-0.3, -0.25) is 9.59 Å². The fourth-order valence-corrected chi connectivity index (χ4v) is 2.73. The third-order valence-electron chi connectivity index (χ3n) is 2.91. The van der Waals surface area contributed by atoms with Crippen LogP contribution in [0.1, 0.15) is 25.8 Å². The highest BCUT2D eigenvalue weighted by molar-refractivity contribution is 7.99. The first kappa shape index (κ1) is 19.6. The predicted molar refractivity (Wildman–Crippen MR) is 96.6 cm³/mol. The molecule has 0 saturated carbocycles. The fraction of sp³-hybridized carbons (Fsp3) is 0.500. The Morgan fingerprint density at radius 2 is 2.00 bits per heavy atom. The number of benzene rings is 1. The number of carbonyl (C=O) groups excluding carboxylic acids is 2. The second-order valence-electron chi connectivity index (χ2n) is 5.37. The molecule has 7 heteroatoms. The molecule has 0 heterocycles. The Labute approximate surface area is 146 Å². The molecule has 0 saturated heterocycles. The van der Waals surface area contributed by atoms with Crippen molar-refractivity contribution in [2.24, 2.45) is 0 Å². The summed E-state index contributed by atoms with van der Waals surface area (Å²) < 4.78 is 5.22. The van der Waals surface area contributed by atoms with Crippen LogP contribution in [0.5, 0.6) is 5.75 Å². The van der Waals surface area contributed by atoms with Crippen molar-refractivity contribution >= 4 is 40.9 Å².